The van der Waals surface area contributed by atoms with Gasteiger partial charge in [-0.15, -0.1) is 0 Å². The Labute approximate surface area is 147 Å². The maximum atomic E-state index is 12.4. The van der Waals surface area contributed by atoms with Crippen molar-refractivity contribution >= 4 is 17.1 Å². The van der Waals surface area contributed by atoms with Gasteiger partial charge < -0.3 is 18.3 Å². The Hall–Kier alpha value is -3.80. The molecule has 0 atom stereocenters. The maximum absolute atomic E-state index is 12.4. The molecule has 0 fully saturated rings. The molecule has 2 heterocycles. The van der Waals surface area contributed by atoms with Gasteiger partial charge in [0, 0.05) is 6.07 Å². The van der Waals surface area contributed by atoms with Crippen LogP contribution in [-0.4, -0.2) is 6.16 Å². The number of hydrogen-bond acceptors (Lipinski definition) is 6. The van der Waals surface area contributed by atoms with Crippen LogP contribution in [0.2, 0.25) is 0 Å². The lowest BCUT2D eigenvalue weighted by Crippen LogP contribution is -2.14. The van der Waals surface area contributed by atoms with Crippen molar-refractivity contribution in [3.8, 4) is 23.0 Å². The number of rotatable bonds is 3. The number of fused-ring (bicyclic) bond motifs is 1. The highest BCUT2D eigenvalue weighted by molar-refractivity contribution is 5.80. The topological polar surface area (TPSA) is 78.9 Å². The minimum absolute atomic E-state index is 0.177. The zero-order valence-electron chi connectivity index (χ0n) is 13.4. The fourth-order valence-corrected chi connectivity index (χ4v) is 2.44. The summed E-state index contributed by atoms with van der Waals surface area (Å²) in [5, 5.41) is 0.283. The van der Waals surface area contributed by atoms with Crippen molar-refractivity contribution in [3.05, 3.63) is 83.2 Å². The second-order valence-electron chi connectivity index (χ2n) is 5.38. The highest BCUT2D eigenvalue weighted by Crippen LogP contribution is 2.25. The quantitative estimate of drug-likeness (QED) is 0.397. The first-order valence-electron chi connectivity index (χ1n) is 7.75. The van der Waals surface area contributed by atoms with Crippen LogP contribution in [0.5, 0.6) is 11.5 Å². The predicted octanol–water partition coefficient (Wildman–Crippen LogP) is 4.63. The van der Waals surface area contributed by atoms with Gasteiger partial charge in [-0.1, -0.05) is 18.2 Å². The zero-order valence-corrected chi connectivity index (χ0v) is 13.4. The van der Waals surface area contributed by atoms with E-state index >= 15 is 0 Å². The van der Waals surface area contributed by atoms with E-state index in [0.717, 1.165) is 0 Å². The van der Waals surface area contributed by atoms with Gasteiger partial charge >= 0.3 is 6.16 Å². The predicted molar refractivity (Wildman–Crippen MR) is 93.3 cm³/mol. The van der Waals surface area contributed by atoms with Crippen LogP contribution in [0.25, 0.3) is 22.5 Å². The van der Waals surface area contributed by atoms with E-state index < -0.39 is 6.16 Å². The minimum Gasteiger partial charge on any atom is -0.461 e. The molecule has 4 aromatic rings. The second kappa shape index (κ2) is 6.60. The number of ether oxygens (including phenoxy) is 2. The molecule has 2 aromatic carbocycles. The summed E-state index contributed by atoms with van der Waals surface area (Å²) in [5.74, 6) is 1.32. The lowest BCUT2D eigenvalue weighted by atomic mass is 10.2. The lowest BCUT2D eigenvalue weighted by Gasteiger charge is -2.06. The summed E-state index contributed by atoms with van der Waals surface area (Å²) in [6.07, 6.45) is 0.599. The lowest BCUT2D eigenvalue weighted by molar-refractivity contribution is 0.152. The van der Waals surface area contributed by atoms with E-state index in [1.807, 2.05) is 0 Å². The average molecular weight is 348 g/mol. The summed E-state index contributed by atoms with van der Waals surface area (Å²) in [6.45, 7) is 0. The molecule has 0 saturated carbocycles. The molecular formula is C20H12O6. The van der Waals surface area contributed by atoms with Crippen molar-refractivity contribution in [2.45, 2.75) is 0 Å². The van der Waals surface area contributed by atoms with Gasteiger partial charge in [0.15, 0.2) is 16.9 Å². The maximum Gasteiger partial charge on any atom is 0.519 e. The van der Waals surface area contributed by atoms with E-state index in [2.05, 4.69) is 0 Å². The highest BCUT2D eigenvalue weighted by Gasteiger charge is 2.12. The Bertz CT molecular complexity index is 1110. The van der Waals surface area contributed by atoms with Crippen molar-refractivity contribution < 1.29 is 23.1 Å². The molecule has 26 heavy (non-hydrogen) atoms. The van der Waals surface area contributed by atoms with E-state index in [-0.39, 0.29) is 16.6 Å². The Morgan fingerprint density at radius 2 is 1.62 bits per heavy atom. The molecule has 2 aromatic heterocycles. The third-order valence-corrected chi connectivity index (χ3v) is 3.61. The Morgan fingerprint density at radius 1 is 0.808 bits per heavy atom. The molecular weight excluding hydrogens is 336 g/mol. The summed E-state index contributed by atoms with van der Waals surface area (Å²) < 4.78 is 21.1. The van der Waals surface area contributed by atoms with Crippen LogP contribution in [0.15, 0.2) is 86.6 Å². The zero-order chi connectivity index (χ0) is 17.9. The molecule has 0 aliphatic carbocycles. The fraction of sp³-hybridized carbons (Fsp3) is 0. The van der Waals surface area contributed by atoms with Crippen LogP contribution in [0.4, 0.5) is 4.79 Å². The molecule has 0 bridgehead atoms. The molecule has 0 radical (unpaired) electrons. The Balaban J connectivity index is 1.59. The number of para-hydroxylation sites is 1. The van der Waals surface area contributed by atoms with Gasteiger partial charge in [-0.2, -0.15) is 0 Å². The summed E-state index contributed by atoms with van der Waals surface area (Å²) in [5.41, 5.74) is 0.0761. The molecule has 0 unspecified atom stereocenters. The van der Waals surface area contributed by atoms with Crippen molar-refractivity contribution in [1.82, 2.24) is 0 Å². The first-order valence-corrected chi connectivity index (χ1v) is 7.75. The first-order chi connectivity index (χ1) is 12.7. The Kier molecular flexibility index (Phi) is 3.99. The molecule has 0 N–H and O–H groups in total. The number of furan rings is 1. The third-order valence-electron chi connectivity index (χ3n) is 3.61. The average Bonchev–Trinajstić information content (AvgIpc) is 3.17. The molecule has 0 aliphatic heterocycles. The van der Waals surface area contributed by atoms with Crippen LogP contribution in [0.3, 0.4) is 0 Å². The summed E-state index contributed by atoms with van der Waals surface area (Å²) in [6, 6.07) is 17.8. The molecule has 0 aliphatic rings. The van der Waals surface area contributed by atoms with Gasteiger partial charge in [-0.25, -0.2) is 4.79 Å². The van der Waals surface area contributed by atoms with Crippen molar-refractivity contribution in [2.24, 2.45) is 0 Å². The number of benzene rings is 2. The summed E-state index contributed by atoms with van der Waals surface area (Å²) >= 11 is 0. The van der Waals surface area contributed by atoms with E-state index in [1.165, 1.54) is 24.5 Å². The number of hydrogen-bond donors (Lipinski definition) is 0. The smallest absolute Gasteiger partial charge is 0.461 e. The van der Waals surface area contributed by atoms with Gasteiger partial charge in [0.05, 0.1) is 11.6 Å². The van der Waals surface area contributed by atoms with E-state index in [1.54, 1.807) is 48.5 Å². The molecule has 4 rings (SSSR count). The van der Waals surface area contributed by atoms with Crippen LogP contribution in [-0.2, 0) is 0 Å². The molecule has 6 heteroatoms. The van der Waals surface area contributed by atoms with Gasteiger partial charge in [0.25, 0.3) is 0 Å². The number of carbonyl (C=O) groups is 1. The van der Waals surface area contributed by atoms with Crippen LogP contribution in [0, 0.1) is 0 Å². The summed E-state index contributed by atoms with van der Waals surface area (Å²) in [7, 11) is 0. The molecule has 0 saturated heterocycles. The third kappa shape index (κ3) is 3.21. The molecule has 128 valence electrons. The largest absolute Gasteiger partial charge is 0.519 e. The van der Waals surface area contributed by atoms with Gasteiger partial charge in [0.2, 0.25) is 0 Å². The SMILES string of the molecule is O=C(Oc1ccccc1)Oc1ccc2oc(-c3ccco3)cc(=O)c2c1. The van der Waals surface area contributed by atoms with Gasteiger partial charge in [0.1, 0.15) is 17.1 Å². The van der Waals surface area contributed by atoms with E-state index in [9.17, 15) is 9.59 Å². The van der Waals surface area contributed by atoms with Crippen molar-refractivity contribution in [2.75, 3.05) is 0 Å². The van der Waals surface area contributed by atoms with E-state index in [4.69, 9.17) is 18.3 Å². The Morgan fingerprint density at radius 3 is 2.38 bits per heavy atom. The van der Waals surface area contributed by atoms with Crippen molar-refractivity contribution in [3.63, 3.8) is 0 Å². The second-order valence-corrected chi connectivity index (χ2v) is 5.38. The van der Waals surface area contributed by atoms with Gasteiger partial charge in [-0.3, -0.25) is 4.79 Å². The molecule has 0 amide bonds. The number of carbonyl (C=O) groups excluding carboxylic acids is 1. The normalized spacial score (nSPS) is 10.6. The fourth-order valence-electron chi connectivity index (χ4n) is 2.44. The minimum atomic E-state index is -0.896. The van der Waals surface area contributed by atoms with E-state index in [0.29, 0.717) is 22.9 Å². The van der Waals surface area contributed by atoms with Crippen LogP contribution >= 0.6 is 0 Å². The van der Waals surface area contributed by atoms with Crippen LogP contribution < -0.4 is 14.9 Å². The first kappa shape index (κ1) is 15.7. The molecule has 6 nitrogen and oxygen atoms in total. The van der Waals surface area contributed by atoms with Crippen molar-refractivity contribution in [1.29, 1.82) is 0 Å². The highest BCUT2D eigenvalue weighted by atomic mass is 16.7. The van der Waals surface area contributed by atoms with Gasteiger partial charge in [-0.05, 0) is 42.5 Å². The van der Waals surface area contributed by atoms with Crippen LogP contribution in [0.1, 0.15) is 0 Å². The summed E-state index contributed by atoms with van der Waals surface area (Å²) in [4.78, 5) is 24.2. The monoisotopic (exact) mass is 348 g/mol. The standard InChI is InChI=1S/C20H12O6/c21-16-12-19(18-7-4-10-23-18)26-17-9-8-14(11-15(16)17)25-20(22)24-13-5-2-1-3-6-13/h1-12H. The molecule has 0 spiro atoms.